The zero-order valence-electron chi connectivity index (χ0n) is 11.8. The fourth-order valence-corrected chi connectivity index (χ4v) is 2.67. The number of hydrogen-bond donors (Lipinski definition) is 1. The molecule has 0 aromatic heterocycles. The van der Waals surface area contributed by atoms with Crippen LogP contribution in [0.1, 0.15) is 44.7 Å². The fraction of sp³-hybridized carbons (Fsp3) is 0.600. The maximum atomic E-state index is 5.49. The average molecular weight is 314 g/mol. The molecule has 102 valence electrons. The summed E-state index contributed by atoms with van der Waals surface area (Å²) in [7, 11) is 3.75. The van der Waals surface area contributed by atoms with Crippen LogP contribution in [0.25, 0.3) is 0 Å². The molecular weight excluding hydrogens is 290 g/mol. The zero-order valence-corrected chi connectivity index (χ0v) is 13.4. The van der Waals surface area contributed by atoms with Crippen molar-refractivity contribution in [1.29, 1.82) is 0 Å². The van der Waals surface area contributed by atoms with Crippen molar-refractivity contribution in [3.05, 3.63) is 28.2 Å². The molecule has 3 heteroatoms. The van der Waals surface area contributed by atoms with Crippen LogP contribution >= 0.6 is 15.9 Å². The van der Waals surface area contributed by atoms with Gasteiger partial charge in [0, 0.05) is 16.1 Å². The first-order chi connectivity index (χ1) is 8.65. The van der Waals surface area contributed by atoms with Crippen LogP contribution in [0.3, 0.4) is 0 Å². The van der Waals surface area contributed by atoms with Crippen LogP contribution in [0.5, 0.6) is 5.75 Å². The van der Waals surface area contributed by atoms with Gasteiger partial charge in [0.2, 0.25) is 0 Å². The Hall–Kier alpha value is -0.540. The molecule has 18 heavy (non-hydrogen) atoms. The van der Waals surface area contributed by atoms with E-state index < -0.39 is 0 Å². The molecule has 0 spiro atoms. The molecule has 0 radical (unpaired) electrons. The molecule has 1 unspecified atom stereocenters. The molecule has 0 aliphatic rings. The lowest BCUT2D eigenvalue weighted by Crippen LogP contribution is -2.20. The van der Waals surface area contributed by atoms with Gasteiger partial charge in [0.25, 0.3) is 0 Å². The molecule has 0 aliphatic carbocycles. The largest absolute Gasteiger partial charge is 0.496 e. The first-order valence-corrected chi connectivity index (χ1v) is 7.46. The Morgan fingerprint density at radius 2 is 1.94 bits per heavy atom. The van der Waals surface area contributed by atoms with Crippen LogP contribution in [-0.2, 0) is 0 Å². The number of hydrogen-bond acceptors (Lipinski definition) is 2. The molecule has 0 saturated heterocycles. The smallest absolute Gasteiger partial charge is 0.124 e. The monoisotopic (exact) mass is 313 g/mol. The van der Waals surface area contributed by atoms with E-state index in [9.17, 15) is 0 Å². The highest BCUT2D eigenvalue weighted by Gasteiger charge is 2.18. The van der Waals surface area contributed by atoms with E-state index in [-0.39, 0.29) is 0 Å². The lowest BCUT2D eigenvalue weighted by atomic mass is 9.91. The first kappa shape index (κ1) is 15.5. The van der Waals surface area contributed by atoms with Crippen LogP contribution in [0.4, 0.5) is 0 Å². The third-order valence-corrected chi connectivity index (χ3v) is 4.14. The van der Waals surface area contributed by atoms with E-state index >= 15 is 0 Å². The molecule has 0 aliphatic heterocycles. The van der Waals surface area contributed by atoms with Gasteiger partial charge in [-0.2, -0.15) is 0 Å². The third-order valence-electron chi connectivity index (χ3n) is 3.64. The maximum Gasteiger partial charge on any atom is 0.124 e. The fourth-order valence-electron chi connectivity index (χ4n) is 2.33. The molecule has 1 N–H and O–H groups in total. The summed E-state index contributed by atoms with van der Waals surface area (Å²) in [6.45, 7) is 4.53. The lowest BCUT2D eigenvalue weighted by molar-refractivity contribution is 0.363. The summed E-state index contributed by atoms with van der Waals surface area (Å²) in [5.74, 6) is 1.71. The van der Waals surface area contributed by atoms with Gasteiger partial charge in [0.15, 0.2) is 0 Å². The maximum absolute atomic E-state index is 5.49. The highest BCUT2D eigenvalue weighted by molar-refractivity contribution is 9.10. The first-order valence-electron chi connectivity index (χ1n) is 6.66. The lowest BCUT2D eigenvalue weighted by Gasteiger charge is -2.23. The van der Waals surface area contributed by atoms with E-state index in [0.29, 0.717) is 6.04 Å². The Labute approximate surface area is 119 Å². The van der Waals surface area contributed by atoms with Gasteiger partial charge in [-0.1, -0.05) is 48.7 Å². The number of methoxy groups -OCH3 is 1. The van der Waals surface area contributed by atoms with Crippen LogP contribution in [0.15, 0.2) is 22.7 Å². The van der Waals surface area contributed by atoms with Crippen molar-refractivity contribution in [3.8, 4) is 5.75 Å². The van der Waals surface area contributed by atoms with E-state index in [1.165, 1.54) is 18.4 Å². The van der Waals surface area contributed by atoms with E-state index in [1.807, 2.05) is 13.1 Å². The summed E-state index contributed by atoms with van der Waals surface area (Å²) in [5, 5.41) is 3.42. The molecule has 1 aromatic rings. The second-order valence-corrected chi connectivity index (χ2v) is 5.56. The predicted octanol–water partition coefficient (Wildman–Crippen LogP) is 4.54. The van der Waals surface area contributed by atoms with Gasteiger partial charge in [-0.25, -0.2) is 0 Å². The highest BCUT2D eigenvalue weighted by Crippen LogP contribution is 2.33. The normalized spacial score (nSPS) is 12.8. The van der Waals surface area contributed by atoms with Crippen molar-refractivity contribution >= 4 is 15.9 Å². The Bertz CT molecular complexity index is 364. The van der Waals surface area contributed by atoms with Crippen LogP contribution in [0, 0.1) is 5.92 Å². The molecular formula is C15H24BrNO. The Morgan fingerprint density at radius 3 is 2.44 bits per heavy atom. The van der Waals surface area contributed by atoms with Gasteiger partial charge >= 0.3 is 0 Å². The number of ether oxygens (including phenoxy) is 1. The van der Waals surface area contributed by atoms with Crippen molar-refractivity contribution < 1.29 is 4.74 Å². The van der Waals surface area contributed by atoms with E-state index in [4.69, 9.17) is 4.74 Å². The van der Waals surface area contributed by atoms with Gasteiger partial charge in [-0.15, -0.1) is 0 Å². The number of rotatable bonds is 7. The molecule has 0 amide bonds. The Balaban J connectivity index is 2.93. The van der Waals surface area contributed by atoms with E-state index in [1.54, 1.807) is 7.11 Å². The molecule has 0 saturated carbocycles. The van der Waals surface area contributed by atoms with Crippen LogP contribution in [-0.4, -0.2) is 14.2 Å². The minimum atomic E-state index is 0.359. The van der Waals surface area contributed by atoms with Crippen LogP contribution < -0.4 is 10.1 Å². The van der Waals surface area contributed by atoms with Gasteiger partial charge < -0.3 is 10.1 Å². The summed E-state index contributed by atoms with van der Waals surface area (Å²) >= 11 is 3.49. The van der Waals surface area contributed by atoms with Gasteiger partial charge in [0.1, 0.15) is 5.75 Å². The predicted molar refractivity (Wildman–Crippen MR) is 81.2 cm³/mol. The second-order valence-electron chi connectivity index (χ2n) is 4.65. The minimum absolute atomic E-state index is 0.359. The molecule has 2 nitrogen and oxygen atoms in total. The van der Waals surface area contributed by atoms with Crippen LogP contribution in [0.2, 0.25) is 0 Å². The topological polar surface area (TPSA) is 21.3 Å². The summed E-state index contributed by atoms with van der Waals surface area (Å²) in [5.41, 5.74) is 1.25. The molecule has 1 aromatic carbocycles. The summed E-state index contributed by atoms with van der Waals surface area (Å²) in [6.07, 6.45) is 3.61. The SMILES string of the molecule is CCC(CC)CC(NC)c1ccc(Br)cc1OC. The Kier molecular flexibility index (Phi) is 6.72. The van der Waals surface area contributed by atoms with Crippen molar-refractivity contribution in [3.63, 3.8) is 0 Å². The third kappa shape index (κ3) is 3.99. The van der Waals surface area contributed by atoms with Crippen molar-refractivity contribution in [1.82, 2.24) is 5.32 Å². The minimum Gasteiger partial charge on any atom is -0.496 e. The molecule has 0 bridgehead atoms. The number of nitrogens with one attached hydrogen (secondary N) is 1. The Morgan fingerprint density at radius 1 is 1.28 bits per heavy atom. The van der Waals surface area contributed by atoms with Crippen molar-refractivity contribution in [2.24, 2.45) is 5.92 Å². The van der Waals surface area contributed by atoms with Gasteiger partial charge in [-0.05, 0) is 31.5 Å². The molecule has 1 atom stereocenters. The van der Waals surface area contributed by atoms with Crippen molar-refractivity contribution in [2.45, 2.75) is 39.2 Å². The molecule has 0 fully saturated rings. The van der Waals surface area contributed by atoms with Gasteiger partial charge in [-0.3, -0.25) is 0 Å². The van der Waals surface area contributed by atoms with E-state index in [2.05, 4.69) is 47.2 Å². The second kappa shape index (κ2) is 7.80. The molecule has 1 rings (SSSR count). The van der Waals surface area contributed by atoms with Gasteiger partial charge in [0.05, 0.1) is 7.11 Å². The summed E-state index contributed by atoms with van der Waals surface area (Å²) in [6, 6.07) is 6.62. The van der Waals surface area contributed by atoms with E-state index in [0.717, 1.165) is 22.6 Å². The number of halogens is 1. The average Bonchev–Trinajstić information content (AvgIpc) is 2.41. The summed E-state index contributed by atoms with van der Waals surface area (Å²) < 4.78 is 6.54. The number of benzene rings is 1. The quantitative estimate of drug-likeness (QED) is 0.797. The molecule has 0 heterocycles. The standard InChI is InChI=1S/C15H24BrNO/c1-5-11(6-2)9-14(17-3)13-8-7-12(16)10-15(13)18-4/h7-8,10-11,14,17H,5-6,9H2,1-4H3. The van der Waals surface area contributed by atoms with Crippen molar-refractivity contribution in [2.75, 3.05) is 14.2 Å². The summed E-state index contributed by atoms with van der Waals surface area (Å²) in [4.78, 5) is 0. The highest BCUT2D eigenvalue weighted by atomic mass is 79.9. The zero-order chi connectivity index (χ0) is 13.5.